The normalized spacial score (nSPS) is 10.5. The first-order valence-electron chi connectivity index (χ1n) is 4.18. The third-order valence-corrected chi connectivity index (χ3v) is 1.48. The Bertz CT molecular complexity index is 264. The van der Waals surface area contributed by atoms with Gasteiger partial charge in [-0.15, -0.1) is 0 Å². The SMILES string of the molecule is CC(C)COc1c(F)cccc1F. The van der Waals surface area contributed by atoms with Crippen molar-refractivity contribution in [2.24, 2.45) is 5.92 Å². The van der Waals surface area contributed by atoms with Crippen LogP contribution in [0.3, 0.4) is 0 Å². The number of rotatable bonds is 3. The van der Waals surface area contributed by atoms with Gasteiger partial charge in [-0.1, -0.05) is 19.9 Å². The van der Waals surface area contributed by atoms with Crippen LogP contribution in [0, 0.1) is 17.6 Å². The van der Waals surface area contributed by atoms with Gasteiger partial charge in [-0.3, -0.25) is 0 Å². The van der Waals surface area contributed by atoms with E-state index in [1.165, 1.54) is 18.2 Å². The molecule has 0 fully saturated rings. The monoisotopic (exact) mass is 186 g/mol. The summed E-state index contributed by atoms with van der Waals surface area (Å²) in [6, 6.07) is 3.67. The Kier molecular flexibility index (Phi) is 3.23. The Morgan fingerprint density at radius 3 is 2.23 bits per heavy atom. The zero-order valence-corrected chi connectivity index (χ0v) is 7.68. The third kappa shape index (κ3) is 2.68. The Labute approximate surface area is 76.3 Å². The molecule has 0 aliphatic heterocycles. The molecule has 0 saturated heterocycles. The van der Waals surface area contributed by atoms with Gasteiger partial charge in [0, 0.05) is 0 Å². The molecule has 0 heterocycles. The molecule has 0 spiro atoms. The molecule has 0 unspecified atom stereocenters. The minimum absolute atomic E-state index is 0.249. The van der Waals surface area contributed by atoms with E-state index in [1.807, 2.05) is 13.8 Å². The van der Waals surface area contributed by atoms with Gasteiger partial charge in [-0.25, -0.2) is 8.78 Å². The molecule has 0 aliphatic carbocycles. The summed E-state index contributed by atoms with van der Waals surface area (Å²) in [6.07, 6.45) is 0. The summed E-state index contributed by atoms with van der Waals surface area (Å²) >= 11 is 0. The van der Waals surface area contributed by atoms with Crippen molar-refractivity contribution in [2.45, 2.75) is 13.8 Å². The Morgan fingerprint density at radius 2 is 1.77 bits per heavy atom. The molecule has 72 valence electrons. The van der Waals surface area contributed by atoms with Crippen molar-refractivity contribution < 1.29 is 13.5 Å². The lowest BCUT2D eigenvalue weighted by atomic mass is 10.2. The van der Waals surface area contributed by atoms with E-state index in [1.54, 1.807) is 0 Å². The second-order valence-electron chi connectivity index (χ2n) is 3.26. The summed E-state index contributed by atoms with van der Waals surface area (Å²) < 4.78 is 30.9. The van der Waals surface area contributed by atoms with Crippen LogP contribution in [0.1, 0.15) is 13.8 Å². The fourth-order valence-corrected chi connectivity index (χ4v) is 0.870. The van der Waals surface area contributed by atoms with Gasteiger partial charge in [0.05, 0.1) is 6.61 Å². The summed E-state index contributed by atoms with van der Waals surface area (Å²) in [5.41, 5.74) is 0. The lowest BCUT2D eigenvalue weighted by Gasteiger charge is -2.09. The fraction of sp³-hybridized carbons (Fsp3) is 0.400. The van der Waals surface area contributed by atoms with Crippen molar-refractivity contribution >= 4 is 0 Å². The van der Waals surface area contributed by atoms with Crippen molar-refractivity contribution in [1.29, 1.82) is 0 Å². The second-order valence-corrected chi connectivity index (χ2v) is 3.26. The highest BCUT2D eigenvalue weighted by Crippen LogP contribution is 2.21. The van der Waals surface area contributed by atoms with Crippen LogP contribution in [-0.4, -0.2) is 6.61 Å². The summed E-state index contributed by atoms with van der Waals surface area (Å²) in [5.74, 6) is -1.34. The highest BCUT2D eigenvalue weighted by molar-refractivity contribution is 5.25. The van der Waals surface area contributed by atoms with Gasteiger partial charge in [0.2, 0.25) is 0 Å². The summed E-state index contributed by atoms with van der Waals surface area (Å²) in [4.78, 5) is 0. The minimum atomic E-state index is -0.652. The lowest BCUT2D eigenvalue weighted by molar-refractivity contribution is 0.247. The maximum absolute atomic E-state index is 12.9. The average Bonchev–Trinajstić information content (AvgIpc) is 2.03. The van der Waals surface area contributed by atoms with E-state index in [2.05, 4.69) is 0 Å². The summed E-state index contributed by atoms with van der Waals surface area (Å²) in [7, 11) is 0. The summed E-state index contributed by atoms with van der Waals surface area (Å²) in [5, 5.41) is 0. The average molecular weight is 186 g/mol. The molecule has 0 N–H and O–H groups in total. The molecule has 0 aliphatic rings. The molecule has 0 atom stereocenters. The van der Waals surface area contributed by atoms with E-state index in [0.29, 0.717) is 6.61 Å². The molecule has 13 heavy (non-hydrogen) atoms. The molecule has 3 heteroatoms. The topological polar surface area (TPSA) is 9.23 Å². The predicted molar refractivity (Wildman–Crippen MR) is 46.7 cm³/mol. The van der Waals surface area contributed by atoms with Gasteiger partial charge < -0.3 is 4.74 Å². The second kappa shape index (κ2) is 4.21. The third-order valence-electron chi connectivity index (χ3n) is 1.48. The minimum Gasteiger partial charge on any atom is -0.487 e. The van der Waals surface area contributed by atoms with E-state index in [0.717, 1.165) is 0 Å². The maximum atomic E-state index is 12.9. The molecule has 1 aromatic rings. The van der Waals surface area contributed by atoms with Gasteiger partial charge in [0.25, 0.3) is 0 Å². The lowest BCUT2D eigenvalue weighted by Crippen LogP contribution is -2.06. The Morgan fingerprint density at radius 1 is 1.23 bits per heavy atom. The first-order valence-corrected chi connectivity index (χ1v) is 4.18. The molecule has 0 radical (unpaired) electrons. The van der Waals surface area contributed by atoms with E-state index in [-0.39, 0.29) is 11.7 Å². The Balaban J connectivity index is 2.75. The highest BCUT2D eigenvalue weighted by atomic mass is 19.1. The predicted octanol–water partition coefficient (Wildman–Crippen LogP) is 3.00. The highest BCUT2D eigenvalue weighted by Gasteiger charge is 2.09. The van der Waals surface area contributed by atoms with Crippen LogP contribution in [0.25, 0.3) is 0 Å². The van der Waals surface area contributed by atoms with Gasteiger partial charge >= 0.3 is 0 Å². The van der Waals surface area contributed by atoms with Crippen molar-refractivity contribution in [3.8, 4) is 5.75 Å². The van der Waals surface area contributed by atoms with E-state index in [4.69, 9.17) is 4.74 Å². The van der Waals surface area contributed by atoms with Crippen molar-refractivity contribution in [2.75, 3.05) is 6.61 Å². The van der Waals surface area contributed by atoms with Gasteiger partial charge in [0.15, 0.2) is 17.4 Å². The molecule has 1 nitrogen and oxygen atoms in total. The number of benzene rings is 1. The first-order chi connectivity index (χ1) is 6.11. The zero-order chi connectivity index (χ0) is 9.84. The molecular weight excluding hydrogens is 174 g/mol. The molecule has 0 aromatic heterocycles. The fourth-order valence-electron chi connectivity index (χ4n) is 0.870. The van der Waals surface area contributed by atoms with Crippen LogP contribution < -0.4 is 4.74 Å². The number of hydrogen-bond donors (Lipinski definition) is 0. The van der Waals surface area contributed by atoms with E-state index < -0.39 is 11.6 Å². The van der Waals surface area contributed by atoms with Crippen LogP contribution in [0.5, 0.6) is 5.75 Å². The van der Waals surface area contributed by atoms with Crippen molar-refractivity contribution in [1.82, 2.24) is 0 Å². The molecule has 0 saturated carbocycles. The number of para-hydroxylation sites is 1. The number of hydrogen-bond acceptors (Lipinski definition) is 1. The standard InChI is InChI=1S/C10H12F2O/c1-7(2)6-13-10-8(11)4-3-5-9(10)12/h3-5,7H,6H2,1-2H3. The first kappa shape index (κ1) is 9.96. The van der Waals surface area contributed by atoms with E-state index >= 15 is 0 Å². The number of ether oxygens (including phenoxy) is 1. The molecule has 1 rings (SSSR count). The van der Waals surface area contributed by atoms with Crippen LogP contribution in [0.4, 0.5) is 8.78 Å². The molecule has 1 aromatic carbocycles. The van der Waals surface area contributed by atoms with Crippen molar-refractivity contribution in [3.63, 3.8) is 0 Å². The van der Waals surface area contributed by atoms with E-state index in [9.17, 15) is 8.78 Å². The Hall–Kier alpha value is -1.12. The van der Waals surface area contributed by atoms with Gasteiger partial charge in [-0.05, 0) is 18.1 Å². The van der Waals surface area contributed by atoms with Gasteiger partial charge in [-0.2, -0.15) is 0 Å². The van der Waals surface area contributed by atoms with Crippen LogP contribution in [-0.2, 0) is 0 Å². The zero-order valence-electron chi connectivity index (χ0n) is 7.68. The van der Waals surface area contributed by atoms with Crippen LogP contribution >= 0.6 is 0 Å². The van der Waals surface area contributed by atoms with Crippen LogP contribution in [0.2, 0.25) is 0 Å². The smallest absolute Gasteiger partial charge is 0.190 e. The molecule has 0 bridgehead atoms. The van der Waals surface area contributed by atoms with Crippen molar-refractivity contribution in [3.05, 3.63) is 29.8 Å². The maximum Gasteiger partial charge on any atom is 0.190 e. The van der Waals surface area contributed by atoms with Gasteiger partial charge in [0.1, 0.15) is 0 Å². The van der Waals surface area contributed by atoms with Crippen LogP contribution in [0.15, 0.2) is 18.2 Å². The molecular formula is C10H12F2O. The largest absolute Gasteiger partial charge is 0.487 e. The number of halogens is 2. The quantitative estimate of drug-likeness (QED) is 0.705. The molecule has 0 amide bonds. The summed E-state index contributed by atoms with van der Waals surface area (Å²) in [6.45, 7) is 4.15.